The number of hydrogen-bond donors (Lipinski definition) is 0. The molecule has 1 aliphatic rings. The predicted molar refractivity (Wildman–Crippen MR) is 104 cm³/mol. The van der Waals surface area contributed by atoms with E-state index in [4.69, 9.17) is 9.47 Å². The molecule has 5 heteroatoms. The average Bonchev–Trinajstić information content (AvgIpc) is 2.73. The Morgan fingerprint density at radius 3 is 2.33 bits per heavy atom. The topological polar surface area (TPSA) is 55.8 Å². The summed E-state index contributed by atoms with van der Waals surface area (Å²) in [5, 5.41) is 0. The minimum atomic E-state index is -0.360. The maximum absolute atomic E-state index is 12.9. The monoisotopic (exact) mass is 367 g/mol. The van der Waals surface area contributed by atoms with Crippen molar-refractivity contribution in [2.45, 2.75) is 25.9 Å². The van der Waals surface area contributed by atoms with Crippen molar-refractivity contribution in [3.8, 4) is 11.1 Å². The molecule has 1 saturated heterocycles. The number of piperidine rings is 1. The molecule has 0 spiro atoms. The van der Waals surface area contributed by atoms with Gasteiger partial charge in [0.05, 0.1) is 18.8 Å². The molecule has 0 saturated carbocycles. The molecule has 0 aromatic heterocycles. The van der Waals surface area contributed by atoms with Crippen molar-refractivity contribution in [3.05, 3.63) is 59.7 Å². The Balaban J connectivity index is 1.72. The lowest BCUT2D eigenvalue weighted by Gasteiger charge is -2.31. The van der Waals surface area contributed by atoms with Gasteiger partial charge in [0.1, 0.15) is 0 Å². The van der Waals surface area contributed by atoms with Crippen LogP contribution in [0.2, 0.25) is 0 Å². The van der Waals surface area contributed by atoms with Gasteiger partial charge >= 0.3 is 5.97 Å². The van der Waals surface area contributed by atoms with Gasteiger partial charge in [-0.15, -0.1) is 0 Å². The predicted octanol–water partition coefficient (Wildman–Crippen LogP) is 3.78. The van der Waals surface area contributed by atoms with E-state index in [1.54, 1.807) is 12.1 Å². The molecule has 1 fully saturated rings. The Morgan fingerprint density at radius 1 is 1.00 bits per heavy atom. The Hall–Kier alpha value is -2.66. The second-order valence-electron chi connectivity index (χ2n) is 6.60. The quantitative estimate of drug-likeness (QED) is 0.755. The Labute approximate surface area is 159 Å². The standard InChI is InChI=1S/C22H25NO4/c1-3-27-20-11-13-23(14-12-20)21(24)19-6-4-5-18(15-19)16-7-9-17(10-8-16)22(25)26-2/h4-10,15,20H,3,11-14H2,1-2H3. The number of hydrogen-bond acceptors (Lipinski definition) is 4. The van der Waals surface area contributed by atoms with Gasteiger partial charge in [0.2, 0.25) is 0 Å². The van der Waals surface area contributed by atoms with Gasteiger partial charge in [-0.1, -0.05) is 24.3 Å². The lowest BCUT2D eigenvalue weighted by atomic mass is 10.0. The molecule has 0 aliphatic carbocycles. The van der Waals surface area contributed by atoms with Gasteiger partial charge in [-0.3, -0.25) is 4.79 Å². The van der Waals surface area contributed by atoms with Crippen molar-refractivity contribution in [3.63, 3.8) is 0 Å². The molecule has 0 unspecified atom stereocenters. The number of esters is 1. The van der Waals surface area contributed by atoms with Gasteiger partial charge in [-0.2, -0.15) is 0 Å². The van der Waals surface area contributed by atoms with Crippen LogP contribution in [0, 0.1) is 0 Å². The number of ether oxygens (including phenoxy) is 2. The van der Waals surface area contributed by atoms with Gasteiger partial charge in [-0.25, -0.2) is 4.79 Å². The van der Waals surface area contributed by atoms with Gasteiger partial charge in [0.25, 0.3) is 5.91 Å². The van der Waals surface area contributed by atoms with E-state index < -0.39 is 0 Å². The first-order valence-corrected chi connectivity index (χ1v) is 9.32. The SMILES string of the molecule is CCOC1CCN(C(=O)c2cccc(-c3ccc(C(=O)OC)cc3)c2)CC1. The van der Waals surface area contributed by atoms with Crippen LogP contribution in [0.15, 0.2) is 48.5 Å². The minimum Gasteiger partial charge on any atom is -0.465 e. The van der Waals surface area contributed by atoms with Crippen molar-refractivity contribution < 1.29 is 19.1 Å². The smallest absolute Gasteiger partial charge is 0.337 e. The maximum atomic E-state index is 12.9. The highest BCUT2D eigenvalue weighted by molar-refractivity contribution is 5.95. The summed E-state index contributed by atoms with van der Waals surface area (Å²) in [6, 6.07) is 14.8. The summed E-state index contributed by atoms with van der Waals surface area (Å²) in [5.74, 6) is -0.307. The molecule has 0 N–H and O–H groups in total. The molecule has 0 radical (unpaired) electrons. The highest BCUT2D eigenvalue weighted by atomic mass is 16.5. The molecule has 2 aromatic carbocycles. The molecule has 3 rings (SSSR count). The molecule has 0 bridgehead atoms. The molecular weight excluding hydrogens is 342 g/mol. The summed E-state index contributed by atoms with van der Waals surface area (Å²) < 4.78 is 10.4. The van der Waals surface area contributed by atoms with Crippen molar-refractivity contribution >= 4 is 11.9 Å². The lowest BCUT2D eigenvalue weighted by Crippen LogP contribution is -2.40. The Kier molecular flexibility index (Phi) is 6.24. The van der Waals surface area contributed by atoms with Crippen LogP contribution >= 0.6 is 0 Å². The number of methoxy groups -OCH3 is 1. The van der Waals surface area contributed by atoms with Crippen LogP contribution in [0.1, 0.15) is 40.5 Å². The number of rotatable bonds is 5. The van der Waals surface area contributed by atoms with Gasteiger partial charge in [0, 0.05) is 25.3 Å². The van der Waals surface area contributed by atoms with Crippen molar-refractivity contribution in [2.75, 3.05) is 26.8 Å². The number of carbonyl (C=O) groups is 2. The fraction of sp³-hybridized carbons (Fsp3) is 0.364. The third kappa shape index (κ3) is 4.55. The fourth-order valence-corrected chi connectivity index (χ4v) is 3.39. The highest BCUT2D eigenvalue weighted by Gasteiger charge is 2.24. The van der Waals surface area contributed by atoms with E-state index in [1.165, 1.54) is 7.11 Å². The lowest BCUT2D eigenvalue weighted by molar-refractivity contribution is 0.0146. The van der Waals surface area contributed by atoms with Crippen molar-refractivity contribution in [1.82, 2.24) is 4.90 Å². The van der Waals surface area contributed by atoms with E-state index >= 15 is 0 Å². The van der Waals surface area contributed by atoms with Crippen LogP contribution in [0.4, 0.5) is 0 Å². The third-order valence-corrected chi connectivity index (χ3v) is 4.88. The Bertz CT molecular complexity index is 792. The van der Waals surface area contributed by atoms with E-state index in [1.807, 2.05) is 48.2 Å². The summed E-state index contributed by atoms with van der Waals surface area (Å²) in [5.41, 5.74) is 3.08. The molecule has 1 heterocycles. The summed E-state index contributed by atoms with van der Waals surface area (Å²) in [6.07, 6.45) is 2.03. The zero-order valence-electron chi connectivity index (χ0n) is 15.8. The number of nitrogens with zero attached hydrogens (tertiary/aromatic N) is 1. The number of likely N-dealkylation sites (tertiary alicyclic amines) is 1. The molecule has 0 atom stereocenters. The van der Waals surface area contributed by atoms with E-state index in [2.05, 4.69) is 0 Å². The molecule has 142 valence electrons. The second-order valence-corrected chi connectivity index (χ2v) is 6.60. The normalized spacial score (nSPS) is 14.8. The summed E-state index contributed by atoms with van der Waals surface area (Å²) in [4.78, 5) is 26.3. The molecule has 2 aromatic rings. The van der Waals surface area contributed by atoms with Gasteiger partial charge < -0.3 is 14.4 Å². The number of carbonyl (C=O) groups excluding carboxylic acids is 2. The maximum Gasteiger partial charge on any atom is 0.337 e. The number of amides is 1. The van der Waals surface area contributed by atoms with Crippen molar-refractivity contribution in [2.24, 2.45) is 0 Å². The fourth-order valence-electron chi connectivity index (χ4n) is 3.39. The molecular formula is C22H25NO4. The van der Waals surface area contributed by atoms with Gasteiger partial charge in [-0.05, 0) is 55.2 Å². The first-order valence-electron chi connectivity index (χ1n) is 9.32. The van der Waals surface area contributed by atoms with Crippen LogP contribution in [0.25, 0.3) is 11.1 Å². The van der Waals surface area contributed by atoms with E-state index in [0.717, 1.165) is 43.7 Å². The van der Waals surface area contributed by atoms with Gasteiger partial charge in [0.15, 0.2) is 0 Å². The molecule has 27 heavy (non-hydrogen) atoms. The largest absolute Gasteiger partial charge is 0.465 e. The molecule has 5 nitrogen and oxygen atoms in total. The second kappa shape index (κ2) is 8.82. The van der Waals surface area contributed by atoms with Crippen LogP contribution < -0.4 is 0 Å². The van der Waals surface area contributed by atoms with Crippen LogP contribution in [-0.4, -0.2) is 49.7 Å². The summed E-state index contributed by atoms with van der Waals surface area (Å²) in [7, 11) is 1.36. The first-order chi connectivity index (χ1) is 13.1. The highest BCUT2D eigenvalue weighted by Crippen LogP contribution is 2.23. The van der Waals surface area contributed by atoms with E-state index in [0.29, 0.717) is 11.1 Å². The minimum absolute atomic E-state index is 0.0537. The Morgan fingerprint density at radius 2 is 1.70 bits per heavy atom. The zero-order valence-corrected chi connectivity index (χ0v) is 15.8. The summed E-state index contributed by atoms with van der Waals surface area (Å²) in [6.45, 7) is 4.17. The van der Waals surface area contributed by atoms with Crippen LogP contribution in [-0.2, 0) is 9.47 Å². The molecule has 1 amide bonds. The van der Waals surface area contributed by atoms with Crippen LogP contribution in [0.3, 0.4) is 0 Å². The van der Waals surface area contributed by atoms with Crippen molar-refractivity contribution in [1.29, 1.82) is 0 Å². The first kappa shape index (κ1) is 19.1. The third-order valence-electron chi connectivity index (χ3n) is 4.88. The average molecular weight is 367 g/mol. The van der Waals surface area contributed by atoms with E-state index in [-0.39, 0.29) is 18.0 Å². The van der Waals surface area contributed by atoms with E-state index in [9.17, 15) is 9.59 Å². The zero-order chi connectivity index (χ0) is 19.2. The number of benzene rings is 2. The summed E-state index contributed by atoms with van der Waals surface area (Å²) >= 11 is 0. The van der Waals surface area contributed by atoms with Crippen LogP contribution in [0.5, 0.6) is 0 Å². The molecule has 1 aliphatic heterocycles.